The first kappa shape index (κ1) is 37.4. The number of phenols is 4. The molecule has 0 saturated heterocycles. The number of hydrogen-bond donors (Lipinski definition) is 4. The van der Waals surface area contributed by atoms with Gasteiger partial charge in [0.25, 0.3) is 0 Å². The lowest BCUT2D eigenvalue weighted by Gasteiger charge is -2.44. The van der Waals surface area contributed by atoms with Crippen molar-refractivity contribution < 1.29 is 20.4 Å². The molecule has 0 aromatic heterocycles. The molecule has 282 valence electrons. The molecule has 4 fully saturated rings. The highest BCUT2D eigenvalue weighted by molar-refractivity contribution is 5.45. The lowest BCUT2D eigenvalue weighted by atomic mass is 9.60. The normalized spacial score (nSPS) is 23.8. The van der Waals surface area contributed by atoms with E-state index in [0.29, 0.717) is 23.0 Å². The molecule has 4 N–H and O–H groups in total. The first-order valence-electron chi connectivity index (χ1n) is 20.9. The minimum atomic E-state index is -0.000140. The molecule has 53 heavy (non-hydrogen) atoms. The minimum absolute atomic E-state index is 0.000140. The van der Waals surface area contributed by atoms with Crippen LogP contribution >= 0.6 is 0 Å². The van der Waals surface area contributed by atoms with Gasteiger partial charge in [0.05, 0.1) is 0 Å². The molecule has 0 aliphatic heterocycles. The van der Waals surface area contributed by atoms with Gasteiger partial charge in [-0.05, 0) is 165 Å². The van der Waals surface area contributed by atoms with Crippen LogP contribution in [0.5, 0.6) is 23.0 Å². The van der Waals surface area contributed by atoms with E-state index in [1.165, 1.54) is 106 Å². The Hall–Kier alpha value is -3.92. The largest absolute Gasteiger partial charge is 0.508 e. The van der Waals surface area contributed by atoms with Crippen LogP contribution in [0.3, 0.4) is 0 Å². The van der Waals surface area contributed by atoms with Gasteiger partial charge in [-0.1, -0.05) is 100 Å². The van der Waals surface area contributed by atoms with Crippen molar-refractivity contribution >= 4 is 0 Å². The van der Waals surface area contributed by atoms with E-state index in [9.17, 15) is 20.4 Å². The fourth-order valence-corrected chi connectivity index (χ4v) is 11.2. The summed E-state index contributed by atoms with van der Waals surface area (Å²) in [5.41, 5.74) is 5.18. The van der Waals surface area contributed by atoms with Gasteiger partial charge in [0, 0.05) is 10.8 Å². The monoisotopic (exact) mass is 714 g/mol. The zero-order valence-electron chi connectivity index (χ0n) is 31.9. The molecule has 4 heteroatoms. The Bertz CT molecular complexity index is 1600. The Balaban J connectivity index is 0.000000164. The van der Waals surface area contributed by atoms with Crippen molar-refractivity contribution in [3.63, 3.8) is 0 Å². The zero-order chi connectivity index (χ0) is 36.8. The maximum Gasteiger partial charge on any atom is 0.115 e. The van der Waals surface area contributed by atoms with Gasteiger partial charge in [0.2, 0.25) is 0 Å². The fourth-order valence-electron chi connectivity index (χ4n) is 11.2. The Morgan fingerprint density at radius 2 is 0.604 bits per heavy atom. The van der Waals surface area contributed by atoms with Crippen molar-refractivity contribution in [1.82, 2.24) is 0 Å². The zero-order valence-corrected chi connectivity index (χ0v) is 31.9. The second-order valence-corrected chi connectivity index (χ2v) is 17.4. The molecule has 4 aliphatic carbocycles. The molecule has 0 radical (unpaired) electrons. The van der Waals surface area contributed by atoms with Gasteiger partial charge in [-0.15, -0.1) is 0 Å². The van der Waals surface area contributed by atoms with E-state index < -0.39 is 0 Å². The summed E-state index contributed by atoms with van der Waals surface area (Å²) in [5.74, 6) is 5.79. The van der Waals surface area contributed by atoms with Crippen molar-refractivity contribution in [3.8, 4) is 23.0 Å². The lowest BCUT2D eigenvalue weighted by Crippen LogP contribution is -2.35. The van der Waals surface area contributed by atoms with Gasteiger partial charge in [-0.2, -0.15) is 0 Å². The number of benzene rings is 4. The quantitative estimate of drug-likeness (QED) is 0.160. The molecule has 0 heterocycles. The van der Waals surface area contributed by atoms with Crippen LogP contribution in [0.25, 0.3) is 0 Å². The third-order valence-electron chi connectivity index (χ3n) is 14.5. The highest BCUT2D eigenvalue weighted by Crippen LogP contribution is 2.52. The van der Waals surface area contributed by atoms with Crippen LogP contribution in [0.4, 0.5) is 0 Å². The number of rotatable bonds is 6. The molecule has 4 aromatic rings. The smallest absolute Gasteiger partial charge is 0.115 e. The second-order valence-electron chi connectivity index (χ2n) is 17.4. The molecule has 0 amide bonds. The van der Waals surface area contributed by atoms with E-state index in [2.05, 4.69) is 55.5 Å². The predicted molar refractivity (Wildman–Crippen MR) is 216 cm³/mol. The Labute approximate surface area is 318 Å². The molecular weight excluding hydrogens is 653 g/mol. The highest BCUT2D eigenvalue weighted by Gasteiger charge is 2.42. The lowest BCUT2D eigenvalue weighted by molar-refractivity contribution is 0.147. The van der Waals surface area contributed by atoms with Crippen LogP contribution in [0.2, 0.25) is 0 Å². The highest BCUT2D eigenvalue weighted by atomic mass is 16.3. The van der Waals surface area contributed by atoms with Crippen molar-refractivity contribution in [3.05, 3.63) is 119 Å². The molecule has 0 atom stereocenters. The summed E-state index contributed by atoms with van der Waals surface area (Å²) in [7, 11) is 0. The third kappa shape index (κ3) is 8.43. The van der Waals surface area contributed by atoms with Gasteiger partial charge in [0.15, 0.2) is 0 Å². The van der Waals surface area contributed by atoms with Gasteiger partial charge in [-0.3, -0.25) is 0 Å². The molecule has 0 unspecified atom stereocenters. The average Bonchev–Trinajstić information content (AvgIpc) is 3.20. The minimum Gasteiger partial charge on any atom is -0.508 e. The number of phenolic OH excluding ortho intramolecular Hbond substituents is 4. The number of hydrogen-bond acceptors (Lipinski definition) is 4. The standard InChI is InChI=1S/C25H32O2.C24H30O2/c1-18-2-4-19(5-3-18)20-14-16-25(17-15-20,21-6-10-23(26)11-7-21)22-8-12-24(27)13-9-22;25-22-10-6-20(7-11-22)24(21-8-12-23(26)13-9-21)16-14-19(15-17-24)18-4-2-1-3-5-18/h6-13,18-20,26-27H,2-5,14-17H2,1H3;6-13,18-19,25-26H,1-5,14-17H2. The summed E-state index contributed by atoms with van der Waals surface area (Å²) in [5, 5.41) is 38.9. The maximum atomic E-state index is 9.75. The molecule has 0 spiro atoms. The Morgan fingerprint density at radius 3 is 0.906 bits per heavy atom. The second kappa shape index (κ2) is 16.6. The molecule has 4 saturated carbocycles. The van der Waals surface area contributed by atoms with Crippen molar-refractivity contribution in [2.75, 3.05) is 0 Å². The van der Waals surface area contributed by atoms with E-state index in [1.807, 2.05) is 48.5 Å². The molecule has 0 bridgehead atoms. The van der Waals surface area contributed by atoms with Crippen molar-refractivity contribution in [1.29, 1.82) is 0 Å². The van der Waals surface area contributed by atoms with Crippen LogP contribution in [-0.2, 0) is 10.8 Å². The summed E-state index contributed by atoms with van der Waals surface area (Å²) < 4.78 is 0. The summed E-state index contributed by atoms with van der Waals surface area (Å²) >= 11 is 0. The van der Waals surface area contributed by atoms with Crippen LogP contribution in [0, 0.1) is 29.6 Å². The predicted octanol–water partition coefficient (Wildman–Crippen LogP) is 12.6. The van der Waals surface area contributed by atoms with E-state index in [-0.39, 0.29) is 10.8 Å². The van der Waals surface area contributed by atoms with Crippen LogP contribution in [0.1, 0.15) is 138 Å². The van der Waals surface area contributed by atoms with Crippen LogP contribution in [-0.4, -0.2) is 20.4 Å². The van der Waals surface area contributed by atoms with Crippen molar-refractivity contribution in [2.24, 2.45) is 29.6 Å². The summed E-state index contributed by atoms with van der Waals surface area (Å²) in [6.07, 6.45) is 22.5. The molecule has 4 nitrogen and oxygen atoms in total. The van der Waals surface area contributed by atoms with E-state index >= 15 is 0 Å². The van der Waals surface area contributed by atoms with Gasteiger partial charge in [-0.25, -0.2) is 0 Å². The first-order chi connectivity index (χ1) is 25.7. The Morgan fingerprint density at radius 1 is 0.340 bits per heavy atom. The van der Waals surface area contributed by atoms with Gasteiger partial charge >= 0.3 is 0 Å². The average molecular weight is 715 g/mol. The van der Waals surface area contributed by atoms with Crippen LogP contribution in [0.15, 0.2) is 97.1 Å². The van der Waals surface area contributed by atoms with E-state index in [1.54, 1.807) is 0 Å². The van der Waals surface area contributed by atoms with Crippen molar-refractivity contribution in [2.45, 2.75) is 127 Å². The van der Waals surface area contributed by atoms with E-state index in [0.717, 1.165) is 55.3 Å². The first-order valence-corrected chi connectivity index (χ1v) is 20.9. The maximum absolute atomic E-state index is 9.75. The van der Waals surface area contributed by atoms with Gasteiger partial charge < -0.3 is 20.4 Å². The molecular formula is C49H62O4. The summed E-state index contributed by atoms with van der Waals surface area (Å²) in [4.78, 5) is 0. The third-order valence-corrected chi connectivity index (χ3v) is 14.5. The Kier molecular flexibility index (Phi) is 11.7. The fraction of sp³-hybridized carbons (Fsp3) is 0.510. The van der Waals surface area contributed by atoms with E-state index in [4.69, 9.17) is 0 Å². The number of aromatic hydroxyl groups is 4. The topological polar surface area (TPSA) is 80.9 Å². The molecule has 4 aromatic carbocycles. The van der Waals surface area contributed by atoms with Gasteiger partial charge in [0.1, 0.15) is 23.0 Å². The molecule has 8 rings (SSSR count). The summed E-state index contributed by atoms with van der Waals surface area (Å²) in [6.45, 7) is 2.40. The van der Waals surface area contributed by atoms with Crippen LogP contribution < -0.4 is 0 Å². The summed E-state index contributed by atoms with van der Waals surface area (Å²) in [6, 6.07) is 31.2. The SMILES string of the molecule is CC1CCC(C2CCC(c3ccc(O)cc3)(c3ccc(O)cc3)CC2)CC1.Oc1ccc(C2(c3ccc(O)cc3)CCC(C3CCCCC3)CC2)cc1. The molecule has 4 aliphatic rings.